The summed E-state index contributed by atoms with van der Waals surface area (Å²) in [6.07, 6.45) is 1.08. The number of fused-ring (bicyclic) bond motifs is 1. The largest absolute Gasteiger partial charge is 0.451 e. The first kappa shape index (κ1) is 23.6. The molecule has 5 nitrogen and oxygen atoms in total. The molecule has 2 saturated heterocycles. The van der Waals surface area contributed by atoms with Crippen molar-refractivity contribution in [2.75, 3.05) is 0 Å². The van der Waals surface area contributed by atoms with Crippen LogP contribution in [0.3, 0.4) is 0 Å². The first-order valence-corrected chi connectivity index (χ1v) is 12.7. The van der Waals surface area contributed by atoms with E-state index in [0.717, 1.165) is 16.7 Å². The molecule has 3 aromatic rings. The number of nitrogens with zero attached hydrogens (tertiary/aromatic N) is 2. The number of hydrogen-bond acceptors (Lipinski definition) is 5. The number of ether oxygens (including phenoxy) is 1. The SMILES string of the molecule is CC1(C)S[C@@H]2C(/N=C/c3ccccc3Cl)C(=O)N2[C@H]1C(=O)OC(c1ccccc1)c1ccccc1. The normalized spacial score (nSPS) is 22.8. The summed E-state index contributed by atoms with van der Waals surface area (Å²) in [5.41, 5.74) is 2.51. The molecule has 0 spiro atoms. The highest BCUT2D eigenvalue weighted by atomic mass is 35.5. The van der Waals surface area contributed by atoms with Crippen molar-refractivity contribution in [3.8, 4) is 0 Å². The summed E-state index contributed by atoms with van der Waals surface area (Å²) in [5, 5.41) is 0.356. The summed E-state index contributed by atoms with van der Waals surface area (Å²) in [4.78, 5) is 32.9. The van der Waals surface area contributed by atoms with E-state index >= 15 is 0 Å². The molecular formula is C28H25ClN2O3S. The minimum Gasteiger partial charge on any atom is -0.451 e. The number of halogens is 1. The van der Waals surface area contributed by atoms with Crippen LogP contribution in [0.1, 0.15) is 36.6 Å². The van der Waals surface area contributed by atoms with E-state index in [4.69, 9.17) is 16.3 Å². The van der Waals surface area contributed by atoms with Crippen LogP contribution in [0, 0.1) is 0 Å². The van der Waals surface area contributed by atoms with Crippen LogP contribution in [-0.2, 0) is 14.3 Å². The van der Waals surface area contributed by atoms with Gasteiger partial charge in [-0.1, -0.05) is 90.5 Å². The number of β-lactam (4-membered cyclic amide) rings is 1. The molecule has 3 atom stereocenters. The predicted octanol–water partition coefficient (Wildman–Crippen LogP) is 5.52. The maximum Gasteiger partial charge on any atom is 0.331 e. The molecule has 2 aliphatic rings. The molecule has 2 fully saturated rings. The average molecular weight is 505 g/mol. The van der Waals surface area contributed by atoms with Gasteiger partial charge in [0.2, 0.25) is 0 Å². The monoisotopic (exact) mass is 504 g/mol. The van der Waals surface area contributed by atoms with Gasteiger partial charge in [0, 0.05) is 21.5 Å². The van der Waals surface area contributed by atoms with Crippen LogP contribution in [0.15, 0.2) is 89.9 Å². The Kier molecular flexibility index (Phi) is 6.43. The summed E-state index contributed by atoms with van der Waals surface area (Å²) in [6.45, 7) is 3.95. The molecular weight excluding hydrogens is 480 g/mol. The van der Waals surface area contributed by atoms with Crippen molar-refractivity contribution in [3.05, 3.63) is 107 Å². The molecule has 1 unspecified atom stereocenters. The van der Waals surface area contributed by atoms with Crippen LogP contribution in [0.25, 0.3) is 0 Å². The minimum absolute atomic E-state index is 0.172. The third kappa shape index (κ3) is 4.48. The lowest BCUT2D eigenvalue weighted by atomic mass is 9.95. The van der Waals surface area contributed by atoms with E-state index < -0.39 is 28.9 Å². The van der Waals surface area contributed by atoms with Crippen LogP contribution in [0.4, 0.5) is 0 Å². The fourth-order valence-corrected chi connectivity index (χ4v) is 6.42. The van der Waals surface area contributed by atoms with Gasteiger partial charge in [0.1, 0.15) is 11.4 Å². The van der Waals surface area contributed by atoms with Crippen molar-refractivity contribution in [1.82, 2.24) is 4.90 Å². The molecule has 5 rings (SSSR count). The molecule has 178 valence electrons. The summed E-state index contributed by atoms with van der Waals surface area (Å²) in [5.74, 6) is -0.584. The van der Waals surface area contributed by atoms with Gasteiger partial charge in [-0.3, -0.25) is 9.79 Å². The van der Waals surface area contributed by atoms with E-state index in [1.807, 2.05) is 92.7 Å². The highest BCUT2D eigenvalue weighted by Crippen LogP contribution is 2.52. The molecule has 0 radical (unpaired) electrons. The maximum atomic E-state index is 13.6. The smallest absolute Gasteiger partial charge is 0.331 e. The van der Waals surface area contributed by atoms with Crippen molar-refractivity contribution in [2.45, 2.75) is 42.2 Å². The Balaban J connectivity index is 1.37. The van der Waals surface area contributed by atoms with E-state index in [0.29, 0.717) is 5.02 Å². The Morgan fingerprint density at radius 3 is 2.17 bits per heavy atom. The number of hydrogen-bond donors (Lipinski definition) is 0. The molecule has 35 heavy (non-hydrogen) atoms. The number of benzene rings is 3. The van der Waals surface area contributed by atoms with Gasteiger partial charge in [-0.15, -0.1) is 11.8 Å². The average Bonchev–Trinajstić information content (AvgIpc) is 3.12. The van der Waals surface area contributed by atoms with E-state index in [9.17, 15) is 9.59 Å². The predicted molar refractivity (Wildman–Crippen MR) is 140 cm³/mol. The van der Waals surface area contributed by atoms with Gasteiger partial charge in [-0.05, 0) is 31.0 Å². The van der Waals surface area contributed by atoms with Crippen LogP contribution in [-0.4, -0.2) is 45.2 Å². The first-order chi connectivity index (χ1) is 16.9. The quantitative estimate of drug-likeness (QED) is 0.252. The zero-order valence-corrected chi connectivity index (χ0v) is 20.9. The molecule has 7 heteroatoms. The van der Waals surface area contributed by atoms with Gasteiger partial charge < -0.3 is 9.64 Å². The number of amides is 1. The Morgan fingerprint density at radius 1 is 1.00 bits per heavy atom. The Bertz CT molecular complexity index is 1230. The minimum atomic E-state index is -0.702. The number of esters is 1. The number of aliphatic imine (C=N–C) groups is 1. The topological polar surface area (TPSA) is 59.0 Å². The first-order valence-electron chi connectivity index (χ1n) is 11.4. The fraction of sp³-hybridized carbons (Fsp3) is 0.250. The number of thioether (sulfide) groups is 1. The van der Waals surface area contributed by atoms with Crippen molar-refractivity contribution >= 4 is 41.5 Å². The molecule has 0 aromatic heterocycles. The molecule has 1 amide bonds. The maximum absolute atomic E-state index is 13.6. The standard InChI is InChI=1S/C28H25ClN2O3S/c1-28(2)24(27(33)34-23(18-11-5-3-6-12-18)19-13-7-4-8-14-19)31-25(32)22(26(31)35-28)30-17-20-15-9-10-16-21(20)29/h3-17,22-24,26H,1-2H3/b30-17+/t22?,24-,26+/m0/s1. The zero-order valence-electron chi connectivity index (χ0n) is 19.4. The zero-order chi connectivity index (χ0) is 24.6. The molecule has 0 N–H and O–H groups in total. The van der Waals surface area contributed by atoms with Gasteiger partial charge in [-0.25, -0.2) is 4.79 Å². The second kappa shape index (κ2) is 9.51. The van der Waals surface area contributed by atoms with Crippen molar-refractivity contribution in [2.24, 2.45) is 4.99 Å². The summed E-state index contributed by atoms with van der Waals surface area (Å²) in [7, 11) is 0. The lowest BCUT2D eigenvalue weighted by Crippen LogP contribution is -2.65. The Hall–Kier alpha value is -3.09. The molecule has 0 saturated carbocycles. The third-order valence-corrected chi connectivity index (χ3v) is 8.26. The van der Waals surface area contributed by atoms with Crippen molar-refractivity contribution in [1.29, 1.82) is 0 Å². The molecule has 0 aliphatic carbocycles. The van der Waals surface area contributed by atoms with E-state index in [1.165, 1.54) is 0 Å². The Labute approximate surface area is 214 Å². The molecule has 0 bridgehead atoms. The van der Waals surface area contributed by atoms with Gasteiger partial charge in [-0.2, -0.15) is 0 Å². The highest BCUT2D eigenvalue weighted by Gasteiger charge is 2.64. The van der Waals surface area contributed by atoms with Crippen molar-refractivity contribution < 1.29 is 14.3 Å². The van der Waals surface area contributed by atoms with E-state index in [2.05, 4.69) is 4.99 Å². The van der Waals surface area contributed by atoms with Gasteiger partial charge in [0.25, 0.3) is 5.91 Å². The molecule has 2 heterocycles. The number of rotatable bonds is 6. The highest BCUT2D eigenvalue weighted by molar-refractivity contribution is 8.01. The van der Waals surface area contributed by atoms with Crippen LogP contribution in [0.5, 0.6) is 0 Å². The summed E-state index contributed by atoms with van der Waals surface area (Å²) >= 11 is 7.80. The van der Waals surface area contributed by atoms with Gasteiger partial charge in [0.15, 0.2) is 12.1 Å². The third-order valence-electron chi connectivity index (χ3n) is 6.35. The van der Waals surface area contributed by atoms with Crippen molar-refractivity contribution in [3.63, 3.8) is 0 Å². The van der Waals surface area contributed by atoms with Crippen LogP contribution < -0.4 is 0 Å². The van der Waals surface area contributed by atoms with Gasteiger partial charge in [0.05, 0.1) is 0 Å². The van der Waals surface area contributed by atoms with Crippen LogP contribution >= 0.6 is 23.4 Å². The summed E-state index contributed by atoms with van der Waals surface area (Å²) in [6, 6.07) is 25.4. The van der Waals surface area contributed by atoms with E-state index in [1.54, 1.807) is 28.9 Å². The summed E-state index contributed by atoms with van der Waals surface area (Å²) < 4.78 is 5.60. The number of carbonyl (C=O) groups excluding carboxylic acids is 2. The lowest BCUT2D eigenvalue weighted by Gasteiger charge is -2.42. The molecule has 3 aromatic carbocycles. The van der Waals surface area contributed by atoms with E-state index in [-0.39, 0.29) is 11.3 Å². The second-order valence-corrected chi connectivity index (χ2v) is 11.3. The van der Waals surface area contributed by atoms with Crippen LogP contribution in [0.2, 0.25) is 5.02 Å². The van der Waals surface area contributed by atoms with Gasteiger partial charge >= 0.3 is 5.97 Å². The fourth-order valence-electron chi connectivity index (χ4n) is 4.62. The lowest BCUT2D eigenvalue weighted by molar-refractivity contribution is -0.165. The Morgan fingerprint density at radius 2 is 1.57 bits per heavy atom. The number of carbonyl (C=O) groups is 2. The second-order valence-electron chi connectivity index (χ2n) is 9.14. The molecule has 2 aliphatic heterocycles.